The van der Waals surface area contributed by atoms with Crippen molar-refractivity contribution in [1.29, 1.82) is 5.41 Å². The van der Waals surface area contributed by atoms with E-state index in [0.717, 1.165) is 18.5 Å². The summed E-state index contributed by atoms with van der Waals surface area (Å²) in [6, 6.07) is 8.16. The van der Waals surface area contributed by atoms with E-state index in [0.29, 0.717) is 0 Å². The van der Waals surface area contributed by atoms with Gasteiger partial charge in [0.1, 0.15) is 0 Å². The van der Waals surface area contributed by atoms with E-state index in [2.05, 4.69) is 38.2 Å². The Kier molecular flexibility index (Phi) is 3.93. The number of guanidine groups is 1. The molecular weight excluding hydrogens is 198 g/mol. The predicted octanol–water partition coefficient (Wildman–Crippen LogP) is 3.07. The Morgan fingerprint density at radius 3 is 2.12 bits per heavy atom. The number of nitrogens with two attached hydrogens (primary N) is 1. The third-order valence-corrected chi connectivity index (χ3v) is 3.42. The number of benzene rings is 1. The minimum atomic E-state index is -0.0264. The van der Waals surface area contributed by atoms with E-state index in [9.17, 15) is 0 Å². The van der Waals surface area contributed by atoms with Crippen LogP contribution in [0.1, 0.15) is 39.2 Å². The molecule has 0 bridgehead atoms. The molecule has 3 heteroatoms. The fourth-order valence-electron chi connectivity index (χ4n) is 1.77. The lowest BCUT2D eigenvalue weighted by Gasteiger charge is -2.27. The summed E-state index contributed by atoms with van der Waals surface area (Å²) in [6.45, 7) is 6.71. The Balaban J connectivity index is 2.89. The average Bonchev–Trinajstić information content (AvgIpc) is 2.28. The van der Waals surface area contributed by atoms with Gasteiger partial charge in [-0.1, -0.05) is 32.9 Å². The van der Waals surface area contributed by atoms with Crippen molar-refractivity contribution in [3.8, 4) is 0 Å². The van der Waals surface area contributed by atoms with Gasteiger partial charge in [0.05, 0.1) is 0 Å². The quantitative estimate of drug-likeness (QED) is 0.538. The molecule has 0 atom stereocenters. The lowest BCUT2D eigenvalue weighted by molar-refractivity contribution is 0.439. The fourth-order valence-corrected chi connectivity index (χ4v) is 1.77. The van der Waals surface area contributed by atoms with Gasteiger partial charge in [0, 0.05) is 5.69 Å². The van der Waals surface area contributed by atoms with Crippen molar-refractivity contribution in [3.05, 3.63) is 29.8 Å². The maximum absolute atomic E-state index is 7.15. The third kappa shape index (κ3) is 2.75. The van der Waals surface area contributed by atoms with Crippen molar-refractivity contribution in [3.63, 3.8) is 0 Å². The van der Waals surface area contributed by atoms with E-state index in [1.165, 1.54) is 5.56 Å². The average molecular weight is 219 g/mol. The summed E-state index contributed by atoms with van der Waals surface area (Å²) in [7, 11) is 0. The molecule has 0 saturated carbocycles. The molecule has 1 aromatic carbocycles. The van der Waals surface area contributed by atoms with Crippen molar-refractivity contribution in [2.24, 2.45) is 5.73 Å². The minimum Gasteiger partial charge on any atom is -0.370 e. The molecule has 0 amide bonds. The summed E-state index contributed by atoms with van der Waals surface area (Å²) in [5, 5.41) is 9.93. The molecule has 0 aliphatic heterocycles. The molecule has 16 heavy (non-hydrogen) atoms. The largest absolute Gasteiger partial charge is 0.370 e. The van der Waals surface area contributed by atoms with Crippen molar-refractivity contribution in [2.75, 3.05) is 5.32 Å². The molecule has 3 nitrogen and oxygen atoms in total. The Labute approximate surface area is 97.6 Å². The smallest absolute Gasteiger partial charge is 0.190 e. The maximum Gasteiger partial charge on any atom is 0.190 e. The molecule has 0 heterocycles. The SMILES string of the molecule is CCC(C)(CC)c1ccc(NC(=N)N)cc1. The van der Waals surface area contributed by atoms with Crippen LogP contribution in [-0.4, -0.2) is 5.96 Å². The van der Waals surface area contributed by atoms with Gasteiger partial charge in [-0.25, -0.2) is 0 Å². The van der Waals surface area contributed by atoms with Crippen LogP contribution in [-0.2, 0) is 5.41 Å². The molecule has 0 saturated heterocycles. The van der Waals surface area contributed by atoms with Crippen LogP contribution in [0.2, 0.25) is 0 Å². The predicted molar refractivity (Wildman–Crippen MR) is 69.9 cm³/mol. The van der Waals surface area contributed by atoms with Crippen LogP contribution in [0.4, 0.5) is 5.69 Å². The zero-order valence-electron chi connectivity index (χ0n) is 10.3. The number of rotatable bonds is 4. The number of anilines is 1. The van der Waals surface area contributed by atoms with Crippen molar-refractivity contribution in [2.45, 2.75) is 39.0 Å². The first-order valence-electron chi connectivity index (χ1n) is 5.73. The second kappa shape index (κ2) is 5.01. The molecule has 0 unspecified atom stereocenters. The molecule has 0 radical (unpaired) electrons. The number of hydrogen-bond acceptors (Lipinski definition) is 1. The van der Waals surface area contributed by atoms with E-state index >= 15 is 0 Å². The van der Waals surface area contributed by atoms with Crippen LogP contribution in [0.15, 0.2) is 24.3 Å². The molecule has 0 fully saturated rings. The highest BCUT2D eigenvalue weighted by atomic mass is 15.0. The van der Waals surface area contributed by atoms with Crippen LogP contribution in [0.3, 0.4) is 0 Å². The van der Waals surface area contributed by atoms with E-state index in [-0.39, 0.29) is 11.4 Å². The Bertz CT molecular complexity index is 350. The highest BCUT2D eigenvalue weighted by molar-refractivity contribution is 5.89. The number of hydrogen-bond donors (Lipinski definition) is 3. The maximum atomic E-state index is 7.15. The van der Waals surface area contributed by atoms with Crippen molar-refractivity contribution in [1.82, 2.24) is 0 Å². The monoisotopic (exact) mass is 219 g/mol. The van der Waals surface area contributed by atoms with Gasteiger partial charge < -0.3 is 11.1 Å². The van der Waals surface area contributed by atoms with Crippen LogP contribution < -0.4 is 11.1 Å². The van der Waals surface area contributed by atoms with E-state index in [4.69, 9.17) is 11.1 Å². The van der Waals surface area contributed by atoms with Crippen LogP contribution in [0.5, 0.6) is 0 Å². The van der Waals surface area contributed by atoms with Crippen LogP contribution in [0.25, 0.3) is 0 Å². The van der Waals surface area contributed by atoms with E-state index in [1.807, 2.05) is 12.1 Å². The molecular formula is C13H21N3. The van der Waals surface area contributed by atoms with E-state index < -0.39 is 0 Å². The Morgan fingerprint density at radius 2 is 1.75 bits per heavy atom. The van der Waals surface area contributed by atoms with Gasteiger partial charge >= 0.3 is 0 Å². The molecule has 0 aliphatic carbocycles. The van der Waals surface area contributed by atoms with Gasteiger partial charge in [-0.3, -0.25) is 5.41 Å². The van der Waals surface area contributed by atoms with Gasteiger partial charge in [0.25, 0.3) is 0 Å². The second-order valence-corrected chi connectivity index (χ2v) is 4.38. The second-order valence-electron chi connectivity index (χ2n) is 4.38. The first-order chi connectivity index (χ1) is 7.51. The van der Waals surface area contributed by atoms with Gasteiger partial charge in [-0.05, 0) is 36.0 Å². The third-order valence-electron chi connectivity index (χ3n) is 3.42. The highest BCUT2D eigenvalue weighted by Gasteiger charge is 2.21. The molecule has 1 aromatic rings. The van der Waals surface area contributed by atoms with Gasteiger partial charge in [-0.2, -0.15) is 0 Å². The highest BCUT2D eigenvalue weighted by Crippen LogP contribution is 2.31. The minimum absolute atomic E-state index is 0.0264. The molecule has 0 spiro atoms. The standard InChI is InChI=1S/C13H21N3/c1-4-13(3,5-2)10-6-8-11(9-7-10)16-12(14)15/h6-9H,4-5H2,1-3H3,(H4,14,15,16). The first-order valence-corrected chi connectivity index (χ1v) is 5.73. The van der Waals surface area contributed by atoms with Gasteiger partial charge in [0.15, 0.2) is 5.96 Å². The summed E-state index contributed by atoms with van der Waals surface area (Å²) in [5.41, 5.74) is 7.72. The Hall–Kier alpha value is -1.51. The lowest BCUT2D eigenvalue weighted by atomic mass is 9.78. The normalized spacial score (nSPS) is 11.2. The van der Waals surface area contributed by atoms with Crippen molar-refractivity contribution < 1.29 is 0 Å². The molecule has 0 aliphatic rings. The van der Waals surface area contributed by atoms with Crippen LogP contribution >= 0.6 is 0 Å². The Morgan fingerprint density at radius 1 is 1.25 bits per heavy atom. The molecule has 4 N–H and O–H groups in total. The summed E-state index contributed by atoms with van der Waals surface area (Å²) < 4.78 is 0. The fraction of sp³-hybridized carbons (Fsp3) is 0.462. The van der Waals surface area contributed by atoms with E-state index in [1.54, 1.807) is 0 Å². The van der Waals surface area contributed by atoms with Gasteiger partial charge in [0.2, 0.25) is 0 Å². The van der Waals surface area contributed by atoms with Gasteiger partial charge in [-0.15, -0.1) is 0 Å². The first kappa shape index (κ1) is 12.6. The lowest BCUT2D eigenvalue weighted by Crippen LogP contribution is -2.21. The summed E-state index contributed by atoms with van der Waals surface area (Å²) >= 11 is 0. The number of nitrogens with one attached hydrogen (secondary N) is 2. The zero-order valence-corrected chi connectivity index (χ0v) is 10.3. The van der Waals surface area contributed by atoms with Crippen molar-refractivity contribution >= 4 is 11.6 Å². The zero-order chi connectivity index (χ0) is 12.2. The summed E-state index contributed by atoms with van der Waals surface area (Å²) in [6.07, 6.45) is 2.26. The molecule has 0 aromatic heterocycles. The molecule has 1 rings (SSSR count). The summed E-state index contributed by atoms with van der Waals surface area (Å²) in [5.74, 6) is -0.0264. The summed E-state index contributed by atoms with van der Waals surface area (Å²) in [4.78, 5) is 0. The van der Waals surface area contributed by atoms with Crippen LogP contribution in [0, 0.1) is 5.41 Å². The topological polar surface area (TPSA) is 61.9 Å². The molecule has 88 valence electrons.